The summed E-state index contributed by atoms with van der Waals surface area (Å²) < 4.78 is 23.8. The molecule has 24 heavy (non-hydrogen) atoms. The number of aromatic nitrogens is 2. The molecule has 0 saturated heterocycles. The lowest BCUT2D eigenvalue weighted by Gasteiger charge is -2.15. The summed E-state index contributed by atoms with van der Waals surface area (Å²) in [7, 11) is 2.60. The summed E-state index contributed by atoms with van der Waals surface area (Å²) in [6.07, 6.45) is 1.10. The Bertz CT molecular complexity index is 998. The minimum atomic E-state index is -0.696. The molecule has 3 aromatic rings. The van der Waals surface area contributed by atoms with E-state index < -0.39 is 17.3 Å². The second kappa shape index (κ2) is 6.11. The number of carbonyl (C=O) groups is 1. The van der Waals surface area contributed by atoms with Gasteiger partial charge in [0.1, 0.15) is 17.1 Å². The molecule has 6 nitrogen and oxygen atoms in total. The van der Waals surface area contributed by atoms with Crippen molar-refractivity contribution < 1.29 is 18.7 Å². The number of fused-ring (bicyclic) bond motifs is 1. The highest BCUT2D eigenvalue weighted by atomic mass is 19.1. The van der Waals surface area contributed by atoms with Gasteiger partial charge in [-0.3, -0.25) is 4.79 Å². The zero-order chi connectivity index (χ0) is 17.3. The third kappa shape index (κ3) is 2.60. The topological polar surface area (TPSA) is 81.3 Å². The SMILES string of the molecule is COC(=O)c1c(OC)c(-c2cccc(F)c2)cc2ncc(=O)[nH]c12. The number of benzene rings is 2. The van der Waals surface area contributed by atoms with Crippen LogP contribution in [0.25, 0.3) is 22.2 Å². The highest BCUT2D eigenvalue weighted by Crippen LogP contribution is 2.37. The first-order valence-electron chi connectivity index (χ1n) is 6.99. The van der Waals surface area contributed by atoms with E-state index in [1.807, 2.05) is 0 Å². The standard InChI is InChI=1S/C17H13FN2O4/c1-23-16-11(9-4-3-5-10(18)6-9)7-12-15(14(16)17(22)24-2)20-13(21)8-19-12/h3-8H,1-2H3,(H,20,21). The number of rotatable bonds is 3. The molecule has 1 heterocycles. The van der Waals surface area contributed by atoms with Crippen molar-refractivity contribution in [3.05, 3.63) is 58.3 Å². The number of nitrogens with one attached hydrogen (secondary N) is 1. The fourth-order valence-electron chi connectivity index (χ4n) is 2.54. The molecular formula is C17H13FN2O4. The molecule has 0 unspecified atom stereocenters. The maximum atomic E-state index is 13.6. The van der Waals surface area contributed by atoms with Crippen molar-refractivity contribution in [3.63, 3.8) is 0 Å². The highest BCUT2D eigenvalue weighted by Gasteiger charge is 2.23. The third-order valence-electron chi connectivity index (χ3n) is 3.56. The molecule has 3 rings (SSSR count). The Morgan fingerprint density at radius 2 is 2.04 bits per heavy atom. The quantitative estimate of drug-likeness (QED) is 0.747. The van der Waals surface area contributed by atoms with E-state index in [1.165, 1.54) is 26.4 Å². The summed E-state index contributed by atoms with van der Waals surface area (Å²) in [5.74, 6) is -0.953. The molecule has 0 saturated carbocycles. The van der Waals surface area contributed by atoms with Crippen LogP contribution < -0.4 is 10.3 Å². The average molecular weight is 328 g/mol. The van der Waals surface area contributed by atoms with Crippen LogP contribution in [0, 0.1) is 5.82 Å². The molecule has 0 fully saturated rings. The second-order valence-electron chi connectivity index (χ2n) is 4.98. The lowest BCUT2D eigenvalue weighted by atomic mass is 9.99. The van der Waals surface area contributed by atoms with Crippen molar-refractivity contribution in [2.45, 2.75) is 0 Å². The van der Waals surface area contributed by atoms with Crippen molar-refractivity contribution in [3.8, 4) is 16.9 Å². The Balaban J connectivity index is 2.44. The van der Waals surface area contributed by atoms with Gasteiger partial charge in [0.05, 0.1) is 31.4 Å². The molecule has 0 bridgehead atoms. The summed E-state index contributed by atoms with van der Waals surface area (Å²) in [6.45, 7) is 0. The molecule has 1 aromatic heterocycles. The molecule has 122 valence electrons. The normalized spacial score (nSPS) is 10.6. The summed E-state index contributed by atoms with van der Waals surface area (Å²) in [6, 6.07) is 7.47. The van der Waals surface area contributed by atoms with Gasteiger partial charge < -0.3 is 14.5 Å². The van der Waals surface area contributed by atoms with Gasteiger partial charge in [-0.2, -0.15) is 0 Å². The molecule has 2 aromatic carbocycles. The number of esters is 1. The first-order valence-corrected chi connectivity index (χ1v) is 6.99. The number of hydrogen-bond donors (Lipinski definition) is 1. The number of nitrogens with zero attached hydrogens (tertiary/aromatic N) is 1. The van der Waals surface area contributed by atoms with E-state index in [2.05, 4.69) is 9.97 Å². The summed E-state index contributed by atoms with van der Waals surface area (Å²) in [5, 5.41) is 0. The number of carbonyl (C=O) groups excluding carboxylic acids is 1. The Hall–Kier alpha value is -3.22. The van der Waals surface area contributed by atoms with E-state index >= 15 is 0 Å². The Morgan fingerprint density at radius 1 is 1.25 bits per heavy atom. The van der Waals surface area contributed by atoms with Gasteiger partial charge in [-0.25, -0.2) is 14.2 Å². The van der Waals surface area contributed by atoms with Gasteiger partial charge in [-0.15, -0.1) is 0 Å². The van der Waals surface area contributed by atoms with E-state index in [0.29, 0.717) is 16.6 Å². The maximum absolute atomic E-state index is 13.6. The minimum Gasteiger partial charge on any atom is -0.495 e. The van der Waals surface area contributed by atoms with Crippen LogP contribution in [0.3, 0.4) is 0 Å². The molecule has 0 aliphatic heterocycles. The monoisotopic (exact) mass is 328 g/mol. The number of ether oxygens (including phenoxy) is 2. The maximum Gasteiger partial charge on any atom is 0.343 e. The van der Waals surface area contributed by atoms with Crippen molar-refractivity contribution >= 4 is 17.0 Å². The van der Waals surface area contributed by atoms with Crippen LogP contribution in [0.1, 0.15) is 10.4 Å². The van der Waals surface area contributed by atoms with Crippen LogP contribution in [0.2, 0.25) is 0 Å². The molecular weight excluding hydrogens is 315 g/mol. The van der Waals surface area contributed by atoms with Crippen molar-refractivity contribution in [2.24, 2.45) is 0 Å². The molecule has 0 aliphatic rings. The van der Waals surface area contributed by atoms with E-state index in [1.54, 1.807) is 18.2 Å². The summed E-state index contributed by atoms with van der Waals surface area (Å²) in [5.41, 5.74) is 1.09. The number of aromatic amines is 1. The Morgan fingerprint density at radius 3 is 2.71 bits per heavy atom. The van der Waals surface area contributed by atoms with E-state index in [9.17, 15) is 14.0 Å². The highest BCUT2D eigenvalue weighted by molar-refractivity contribution is 6.07. The molecule has 0 spiro atoms. The second-order valence-corrected chi connectivity index (χ2v) is 4.98. The van der Waals surface area contributed by atoms with Crippen LogP contribution in [-0.2, 0) is 4.74 Å². The predicted molar refractivity (Wildman–Crippen MR) is 85.6 cm³/mol. The lowest BCUT2D eigenvalue weighted by Crippen LogP contribution is -2.12. The first kappa shape index (κ1) is 15.7. The van der Waals surface area contributed by atoms with Gasteiger partial charge in [0.25, 0.3) is 5.56 Å². The zero-order valence-electron chi connectivity index (χ0n) is 12.9. The first-order chi connectivity index (χ1) is 11.5. The van der Waals surface area contributed by atoms with Crippen LogP contribution in [0.4, 0.5) is 4.39 Å². The van der Waals surface area contributed by atoms with Gasteiger partial charge in [0.2, 0.25) is 0 Å². The van der Waals surface area contributed by atoms with E-state index in [-0.39, 0.29) is 16.8 Å². The largest absolute Gasteiger partial charge is 0.495 e. The van der Waals surface area contributed by atoms with E-state index in [4.69, 9.17) is 9.47 Å². The molecule has 0 amide bonds. The van der Waals surface area contributed by atoms with Gasteiger partial charge in [0.15, 0.2) is 0 Å². The number of hydrogen-bond acceptors (Lipinski definition) is 5. The average Bonchev–Trinajstić information content (AvgIpc) is 2.59. The van der Waals surface area contributed by atoms with Crippen LogP contribution in [0.5, 0.6) is 5.75 Å². The van der Waals surface area contributed by atoms with Crippen molar-refractivity contribution in [2.75, 3.05) is 14.2 Å². The Kier molecular flexibility index (Phi) is 3.99. The number of methoxy groups -OCH3 is 2. The van der Waals surface area contributed by atoms with Gasteiger partial charge in [0, 0.05) is 5.56 Å². The zero-order valence-corrected chi connectivity index (χ0v) is 12.9. The smallest absolute Gasteiger partial charge is 0.343 e. The minimum absolute atomic E-state index is 0.0296. The third-order valence-corrected chi connectivity index (χ3v) is 3.56. The fourth-order valence-corrected chi connectivity index (χ4v) is 2.54. The fraction of sp³-hybridized carbons (Fsp3) is 0.118. The summed E-state index contributed by atoms with van der Waals surface area (Å²) >= 11 is 0. The predicted octanol–water partition coefficient (Wildman–Crippen LogP) is 2.52. The molecule has 0 aliphatic carbocycles. The molecule has 0 atom stereocenters. The van der Waals surface area contributed by atoms with Gasteiger partial charge >= 0.3 is 5.97 Å². The molecule has 7 heteroatoms. The van der Waals surface area contributed by atoms with Crippen LogP contribution >= 0.6 is 0 Å². The van der Waals surface area contributed by atoms with Crippen LogP contribution in [-0.4, -0.2) is 30.2 Å². The molecule has 1 N–H and O–H groups in total. The lowest BCUT2D eigenvalue weighted by molar-refractivity contribution is 0.0599. The number of H-pyrrole nitrogens is 1. The van der Waals surface area contributed by atoms with Gasteiger partial charge in [-0.1, -0.05) is 12.1 Å². The van der Waals surface area contributed by atoms with Gasteiger partial charge in [-0.05, 0) is 23.8 Å². The van der Waals surface area contributed by atoms with Crippen LogP contribution in [0.15, 0.2) is 41.3 Å². The van der Waals surface area contributed by atoms with Crippen molar-refractivity contribution in [1.82, 2.24) is 9.97 Å². The Labute approximate surface area is 135 Å². The van der Waals surface area contributed by atoms with E-state index in [0.717, 1.165) is 6.20 Å². The summed E-state index contributed by atoms with van der Waals surface area (Å²) in [4.78, 5) is 30.4. The molecule has 0 radical (unpaired) electrons. The number of halogens is 1. The van der Waals surface area contributed by atoms with Crippen molar-refractivity contribution in [1.29, 1.82) is 0 Å².